The van der Waals surface area contributed by atoms with E-state index in [1.165, 1.54) is 4.90 Å². The van der Waals surface area contributed by atoms with Crippen LogP contribution in [0.15, 0.2) is 29.2 Å². The first kappa shape index (κ1) is 20.3. The van der Waals surface area contributed by atoms with Crippen LogP contribution in [0.1, 0.15) is 32.1 Å². The van der Waals surface area contributed by atoms with Crippen molar-refractivity contribution in [2.45, 2.75) is 37.0 Å². The third kappa shape index (κ3) is 6.00. The fraction of sp³-hybridized carbons (Fsp3) is 0.632. The normalized spacial score (nSPS) is 19.3. The number of hydrogen-bond acceptors (Lipinski definition) is 4. The zero-order valence-electron chi connectivity index (χ0n) is 15.7. The lowest BCUT2D eigenvalue weighted by Gasteiger charge is -2.23. The van der Waals surface area contributed by atoms with Gasteiger partial charge in [-0.25, -0.2) is 13.1 Å². The summed E-state index contributed by atoms with van der Waals surface area (Å²) in [7, 11) is -3.52. The van der Waals surface area contributed by atoms with Gasteiger partial charge < -0.3 is 15.0 Å². The lowest BCUT2D eigenvalue weighted by atomic mass is 10.1. The van der Waals surface area contributed by atoms with E-state index in [0.29, 0.717) is 12.2 Å². The van der Waals surface area contributed by atoms with Crippen molar-refractivity contribution < 1.29 is 22.8 Å². The Kier molecular flexibility index (Phi) is 7.23. The number of nitrogens with one attached hydrogen (secondary N) is 3. The third-order valence-electron chi connectivity index (χ3n) is 5.36. The van der Waals surface area contributed by atoms with E-state index < -0.39 is 10.0 Å². The van der Waals surface area contributed by atoms with Crippen LogP contribution in [0.25, 0.3) is 0 Å². The molecule has 150 valence electrons. The lowest BCUT2D eigenvalue weighted by molar-refractivity contribution is -0.908. The first-order valence-corrected chi connectivity index (χ1v) is 11.3. The Bertz CT molecular complexity index is 709. The van der Waals surface area contributed by atoms with Gasteiger partial charge in [-0.3, -0.25) is 4.79 Å². The first-order chi connectivity index (χ1) is 13.0. The van der Waals surface area contributed by atoms with Crippen molar-refractivity contribution in [1.82, 2.24) is 4.72 Å². The van der Waals surface area contributed by atoms with Crippen molar-refractivity contribution in [1.29, 1.82) is 0 Å². The molecule has 1 aliphatic carbocycles. The SMILES string of the molecule is O=C(Nc1ccc(S(=O)(=O)NCCC[NH+]2CCOCC2)cc1)C1CCCC1. The minimum absolute atomic E-state index is 0.0341. The largest absolute Gasteiger partial charge is 0.370 e. The summed E-state index contributed by atoms with van der Waals surface area (Å²) in [5, 5.41) is 2.88. The van der Waals surface area contributed by atoms with Crippen LogP contribution in [0, 0.1) is 5.92 Å². The van der Waals surface area contributed by atoms with Gasteiger partial charge in [-0.15, -0.1) is 0 Å². The molecule has 1 heterocycles. The molecule has 1 aliphatic heterocycles. The smallest absolute Gasteiger partial charge is 0.240 e. The molecule has 0 unspecified atom stereocenters. The fourth-order valence-electron chi connectivity index (χ4n) is 3.69. The number of rotatable bonds is 8. The summed E-state index contributed by atoms with van der Waals surface area (Å²) in [4.78, 5) is 13.8. The Balaban J connectivity index is 1.45. The molecule has 1 aromatic rings. The summed E-state index contributed by atoms with van der Waals surface area (Å²) in [5.74, 6) is 0.121. The van der Waals surface area contributed by atoms with Crippen molar-refractivity contribution in [3.63, 3.8) is 0 Å². The minimum Gasteiger partial charge on any atom is -0.370 e. The van der Waals surface area contributed by atoms with E-state index in [4.69, 9.17) is 4.74 Å². The Morgan fingerprint density at radius 2 is 1.78 bits per heavy atom. The molecule has 1 saturated carbocycles. The van der Waals surface area contributed by atoms with Crippen LogP contribution in [0.3, 0.4) is 0 Å². The number of hydrogen-bond donors (Lipinski definition) is 3. The van der Waals surface area contributed by atoms with Gasteiger partial charge in [-0.05, 0) is 37.1 Å². The highest BCUT2D eigenvalue weighted by molar-refractivity contribution is 7.89. The number of carbonyl (C=O) groups is 1. The molecular weight excluding hydrogens is 366 g/mol. The summed E-state index contributed by atoms with van der Waals surface area (Å²) in [6.45, 7) is 4.90. The van der Waals surface area contributed by atoms with Crippen LogP contribution in [-0.4, -0.2) is 53.7 Å². The number of sulfonamides is 1. The van der Waals surface area contributed by atoms with Gasteiger partial charge in [0.1, 0.15) is 13.1 Å². The van der Waals surface area contributed by atoms with Gasteiger partial charge in [0.05, 0.1) is 24.7 Å². The van der Waals surface area contributed by atoms with E-state index in [1.807, 2.05) is 0 Å². The summed E-state index contributed by atoms with van der Waals surface area (Å²) < 4.78 is 32.8. The van der Waals surface area contributed by atoms with Gasteiger partial charge in [-0.1, -0.05) is 12.8 Å². The maximum atomic E-state index is 12.4. The standard InChI is InChI=1S/C19H29N3O4S/c23-19(16-4-1-2-5-16)21-17-6-8-18(9-7-17)27(24,25)20-10-3-11-22-12-14-26-15-13-22/h6-9,16,20H,1-5,10-15H2,(H,21,23)/p+1. The van der Waals surface area contributed by atoms with Crippen LogP contribution < -0.4 is 14.9 Å². The quantitative estimate of drug-likeness (QED) is 0.555. The molecular formula is C19H30N3O4S+. The first-order valence-electron chi connectivity index (χ1n) is 9.86. The van der Waals surface area contributed by atoms with Crippen LogP contribution in [0.2, 0.25) is 0 Å². The second-order valence-corrected chi connectivity index (χ2v) is 9.13. The third-order valence-corrected chi connectivity index (χ3v) is 6.83. The number of quaternary nitrogens is 1. The Morgan fingerprint density at radius 3 is 2.44 bits per heavy atom. The molecule has 27 heavy (non-hydrogen) atoms. The zero-order valence-corrected chi connectivity index (χ0v) is 16.5. The Labute approximate surface area is 161 Å². The molecule has 0 bridgehead atoms. The summed E-state index contributed by atoms with van der Waals surface area (Å²) in [5.41, 5.74) is 0.641. The topological polar surface area (TPSA) is 88.9 Å². The molecule has 3 N–H and O–H groups in total. The van der Waals surface area contributed by atoms with E-state index in [-0.39, 0.29) is 16.7 Å². The maximum absolute atomic E-state index is 12.4. The zero-order chi connectivity index (χ0) is 19.1. The highest BCUT2D eigenvalue weighted by atomic mass is 32.2. The maximum Gasteiger partial charge on any atom is 0.240 e. The van der Waals surface area contributed by atoms with Crippen molar-refractivity contribution in [3.05, 3.63) is 24.3 Å². The molecule has 2 fully saturated rings. The molecule has 3 rings (SSSR count). The average Bonchev–Trinajstić information content (AvgIpc) is 3.22. The van der Waals surface area contributed by atoms with E-state index in [0.717, 1.165) is 65.0 Å². The van der Waals surface area contributed by atoms with E-state index in [1.54, 1.807) is 24.3 Å². The van der Waals surface area contributed by atoms with Gasteiger partial charge in [0.25, 0.3) is 0 Å². The molecule has 0 atom stereocenters. The second kappa shape index (κ2) is 9.64. The van der Waals surface area contributed by atoms with Crippen molar-refractivity contribution in [2.75, 3.05) is 44.7 Å². The number of morpholine rings is 1. The number of ether oxygens (including phenoxy) is 1. The Hall–Kier alpha value is -1.48. The van der Waals surface area contributed by atoms with E-state index in [2.05, 4.69) is 10.0 Å². The molecule has 0 spiro atoms. The van der Waals surface area contributed by atoms with Gasteiger partial charge in [0.15, 0.2) is 0 Å². The molecule has 8 heteroatoms. The number of amides is 1. The predicted octanol–water partition coefficient (Wildman–Crippen LogP) is 0.399. The lowest BCUT2D eigenvalue weighted by Crippen LogP contribution is -3.14. The number of anilines is 1. The fourth-order valence-corrected chi connectivity index (χ4v) is 4.76. The van der Waals surface area contributed by atoms with Crippen molar-refractivity contribution in [2.24, 2.45) is 5.92 Å². The van der Waals surface area contributed by atoms with E-state index in [9.17, 15) is 13.2 Å². The van der Waals surface area contributed by atoms with Gasteiger partial charge in [-0.2, -0.15) is 0 Å². The summed E-state index contributed by atoms with van der Waals surface area (Å²) >= 11 is 0. The Morgan fingerprint density at radius 1 is 1.11 bits per heavy atom. The molecule has 7 nitrogen and oxygen atoms in total. The van der Waals surface area contributed by atoms with Crippen LogP contribution in [0.5, 0.6) is 0 Å². The molecule has 2 aliphatic rings. The van der Waals surface area contributed by atoms with Crippen LogP contribution in [-0.2, 0) is 19.6 Å². The highest BCUT2D eigenvalue weighted by Gasteiger charge is 2.23. The molecule has 1 amide bonds. The predicted molar refractivity (Wildman–Crippen MR) is 103 cm³/mol. The highest BCUT2D eigenvalue weighted by Crippen LogP contribution is 2.26. The van der Waals surface area contributed by atoms with Crippen molar-refractivity contribution in [3.8, 4) is 0 Å². The molecule has 0 aromatic heterocycles. The monoisotopic (exact) mass is 396 g/mol. The molecule has 1 saturated heterocycles. The molecule has 1 aromatic carbocycles. The second-order valence-electron chi connectivity index (χ2n) is 7.36. The van der Waals surface area contributed by atoms with Gasteiger partial charge in [0.2, 0.25) is 15.9 Å². The van der Waals surface area contributed by atoms with Crippen LogP contribution in [0.4, 0.5) is 5.69 Å². The minimum atomic E-state index is -3.52. The molecule has 0 radical (unpaired) electrons. The summed E-state index contributed by atoms with van der Waals surface area (Å²) in [6.07, 6.45) is 4.88. The number of benzene rings is 1. The van der Waals surface area contributed by atoms with E-state index >= 15 is 0 Å². The number of carbonyl (C=O) groups excluding carboxylic acids is 1. The summed E-state index contributed by atoms with van der Waals surface area (Å²) in [6, 6.07) is 6.39. The van der Waals surface area contributed by atoms with Crippen molar-refractivity contribution >= 4 is 21.6 Å². The van der Waals surface area contributed by atoms with Crippen LogP contribution >= 0.6 is 0 Å². The van der Waals surface area contributed by atoms with Gasteiger partial charge in [0, 0.05) is 24.6 Å². The average molecular weight is 397 g/mol. The van der Waals surface area contributed by atoms with Gasteiger partial charge >= 0.3 is 0 Å².